The molecule has 0 bridgehead atoms. The minimum Gasteiger partial charge on any atom is -0.508 e. The zero-order valence-corrected chi connectivity index (χ0v) is 12.0. The molecule has 0 saturated heterocycles. The number of phenolic OH excluding ortho intramolecular Hbond substituents is 1. The van der Waals surface area contributed by atoms with Crippen molar-refractivity contribution in [1.82, 2.24) is 4.90 Å². The zero-order valence-electron chi connectivity index (χ0n) is 11.1. The fourth-order valence-electron chi connectivity index (χ4n) is 2.81. The summed E-state index contributed by atoms with van der Waals surface area (Å²) in [5.41, 5.74) is 1.06. The lowest BCUT2D eigenvalue weighted by molar-refractivity contribution is 0.154. The average molecular weight is 270 g/mol. The predicted molar refractivity (Wildman–Crippen MR) is 78.3 cm³/mol. The smallest absolute Gasteiger partial charge is 0.120 e. The molecule has 2 nitrogen and oxygen atoms in total. The van der Waals surface area contributed by atoms with Crippen molar-refractivity contribution in [1.29, 1.82) is 0 Å². The van der Waals surface area contributed by atoms with Crippen LogP contribution in [0.15, 0.2) is 24.3 Å². The first-order valence-electron chi connectivity index (χ1n) is 6.82. The zero-order chi connectivity index (χ0) is 12.1. The average Bonchev–Trinajstić information content (AvgIpc) is 2.39. The van der Waals surface area contributed by atoms with Crippen LogP contribution in [0.4, 0.5) is 0 Å². The number of para-hydroxylation sites is 1. The van der Waals surface area contributed by atoms with Gasteiger partial charge in [0.15, 0.2) is 0 Å². The van der Waals surface area contributed by atoms with E-state index in [2.05, 4.69) is 11.8 Å². The Labute approximate surface area is 116 Å². The van der Waals surface area contributed by atoms with Crippen molar-refractivity contribution < 1.29 is 5.11 Å². The molecule has 18 heavy (non-hydrogen) atoms. The van der Waals surface area contributed by atoms with Crippen molar-refractivity contribution in [2.75, 3.05) is 6.54 Å². The molecule has 0 spiro atoms. The number of hydrogen-bond donors (Lipinski definition) is 1. The molecule has 1 saturated carbocycles. The Morgan fingerprint density at radius 2 is 1.83 bits per heavy atom. The maximum Gasteiger partial charge on any atom is 0.120 e. The van der Waals surface area contributed by atoms with E-state index >= 15 is 0 Å². The highest BCUT2D eigenvalue weighted by Gasteiger charge is 2.20. The Kier molecular flexibility index (Phi) is 6.51. The fraction of sp³-hybridized carbons (Fsp3) is 0.600. The van der Waals surface area contributed by atoms with Gasteiger partial charge in [-0.05, 0) is 25.5 Å². The van der Waals surface area contributed by atoms with Gasteiger partial charge in [0.25, 0.3) is 0 Å². The van der Waals surface area contributed by atoms with Gasteiger partial charge >= 0.3 is 0 Å². The summed E-state index contributed by atoms with van der Waals surface area (Å²) in [7, 11) is 0. The van der Waals surface area contributed by atoms with E-state index in [1.807, 2.05) is 18.2 Å². The predicted octanol–water partition coefficient (Wildman–Crippen LogP) is 3.97. The van der Waals surface area contributed by atoms with E-state index in [1.165, 1.54) is 32.1 Å². The van der Waals surface area contributed by atoms with Crippen LogP contribution < -0.4 is 0 Å². The van der Waals surface area contributed by atoms with Crippen molar-refractivity contribution >= 4 is 12.4 Å². The topological polar surface area (TPSA) is 23.5 Å². The molecule has 0 aliphatic heterocycles. The molecule has 2 rings (SSSR count). The maximum atomic E-state index is 9.83. The van der Waals surface area contributed by atoms with Gasteiger partial charge in [0.05, 0.1) is 0 Å². The Morgan fingerprint density at radius 3 is 2.44 bits per heavy atom. The number of halogens is 1. The Hall–Kier alpha value is -0.730. The standard InChI is InChI=1S/C15H23NO.ClH/c1-2-16(14-9-4-3-5-10-14)12-13-8-6-7-11-15(13)17;/h6-8,11,14,17H,2-5,9-10,12H2,1H3;1H. The third kappa shape index (κ3) is 3.89. The number of nitrogens with zero attached hydrogens (tertiary/aromatic N) is 1. The van der Waals surface area contributed by atoms with E-state index < -0.39 is 0 Å². The van der Waals surface area contributed by atoms with Crippen LogP contribution >= 0.6 is 12.4 Å². The van der Waals surface area contributed by atoms with E-state index in [1.54, 1.807) is 6.07 Å². The van der Waals surface area contributed by atoms with Gasteiger partial charge in [-0.3, -0.25) is 4.90 Å². The highest BCUT2D eigenvalue weighted by molar-refractivity contribution is 5.85. The minimum absolute atomic E-state index is 0. The van der Waals surface area contributed by atoms with Crippen molar-refractivity contribution in [3.05, 3.63) is 29.8 Å². The summed E-state index contributed by atoms with van der Waals surface area (Å²) >= 11 is 0. The lowest BCUT2D eigenvalue weighted by atomic mass is 9.94. The van der Waals surface area contributed by atoms with E-state index in [0.717, 1.165) is 18.7 Å². The normalized spacial score (nSPS) is 16.6. The van der Waals surface area contributed by atoms with Crippen molar-refractivity contribution in [2.45, 2.75) is 51.6 Å². The summed E-state index contributed by atoms with van der Waals surface area (Å²) < 4.78 is 0. The fourth-order valence-corrected chi connectivity index (χ4v) is 2.81. The van der Waals surface area contributed by atoms with Crippen molar-refractivity contribution in [3.8, 4) is 5.75 Å². The molecule has 0 amide bonds. The number of rotatable bonds is 4. The van der Waals surface area contributed by atoms with Crippen LogP contribution in [0.25, 0.3) is 0 Å². The molecule has 0 atom stereocenters. The van der Waals surface area contributed by atoms with Gasteiger partial charge in [-0.1, -0.05) is 44.4 Å². The molecule has 1 aromatic carbocycles. The van der Waals surface area contributed by atoms with Gasteiger partial charge in [-0.25, -0.2) is 0 Å². The van der Waals surface area contributed by atoms with Crippen LogP contribution in [0.1, 0.15) is 44.6 Å². The molecule has 3 heteroatoms. The molecule has 0 radical (unpaired) electrons. The Balaban J connectivity index is 0.00000162. The molecule has 1 aliphatic rings. The van der Waals surface area contributed by atoms with E-state index in [9.17, 15) is 5.11 Å². The molecule has 0 unspecified atom stereocenters. The molecule has 102 valence electrons. The van der Waals surface area contributed by atoms with Gasteiger partial charge in [0.2, 0.25) is 0 Å². The summed E-state index contributed by atoms with van der Waals surface area (Å²) in [6.45, 7) is 4.17. The molecule has 1 aromatic rings. The second kappa shape index (κ2) is 7.65. The van der Waals surface area contributed by atoms with Crippen LogP contribution in [-0.2, 0) is 6.54 Å². The summed E-state index contributed by atoms with van der Waals surface area (Å²) in [5, 5.41) is 9.83. The second-order valence-electron chi connectivity index (χ2n) is 4.98. The van der Waals surface area contributed by atoms with Crippen LogP contribution in [0.2, 0.25) is 0 Å². The first kappa shape index (κ1) is 15.3. The summed E-state index contributed by atoms with van der Waals surface area (Å²) in [4.78, 5) is 2.51. The third-order valence-electron chi connectivity index (χ3n) is 3.86. The van der Waals surface area contributed by atoms with E-state index in [-0.39, 0.29) is 12.4 Å². The van der Waals surface area contributed by atoms with Crippen LogP contribution in [-0.4, -0.2) is 22.6 Å². The summed E-state index contributed by atoms with van der Waals surface area (Å²) in [6, 6.07) is 8.41. The second-order valence-corrected chi connectivity index (χ2v) is 4.98. The maximum absolute atomic E-state index is 9.83. The van der Waals surface area contributed by atoms with Crippen molar-refractivity contribution in [2.24, 2.45) is 0 Å². The van der Waals surface area contributed by atoms with Gasteiger partial charge < -0.3 is 5.11 Å². The SMILES string of the molecule is CCN(Cc1ccccc1O)C1CCCCC1.Cl. The molecular weight excluding hydrogens is 246 g/mol. The third-order valence-corrected chi connectivity index (χ3v) is 3.86. The molecule has 1 fully saturated rings. The summed E-state index contributed by atoms with van der Waals surface area (Å²) in [6.07, 6.45) is 6.76. The van der Waals surface area contributed by atoms with Gasteiger partial charge in [-0.15, -0.1) is 12.4 Å². The Bertz CT molecular complexity index is 350. The lowest BCUT2D eigenvalue weighted by Gasteiger charge is -2.33. The minimum atomic E-state index is 0. The molecular formula is C15H24ClNO. The van der Waals surface area contributed by atoms with Gasteiger partial charge in [-0.2, -0.15) is 0 Å². The van der Waals surface area contributed by atoms with E-state index in [4.69, 9.17) is 0 Å². The van der Waals surface area contributed by atoms with Crippen LogP contribution in [0, 0.1) is 0 Å². The number of phenols is 1. The van der Waals surface area contributed by atoms with Crippen LogP contribution in [0.3, 0.4) is 0 Å². The molecule has 1 aliphatic carbocycles. The number of aromatic hydroxyl groups is 1. The molecule has 1 N–H and O–H groups in total. The van der Waals surface area contributed by atoms with Crippen LogP contribution in [0.5, 0.6) is 5.75 Å². The van der Waals surface area contributed by atoms with Gasteiger partial charge in [0, 0.05) is 18.2 Å². The van der Waals surface area contributed by atoms with Crippen molar-refractivity contribution in [3.63, 3.8) is 0 Å². The first-order valence-corrected chi connectivity index (χ1v) is 6.82. The largest absolute Gasteiger partial charge is 0.508 e. The molecule has 0 heterocycles. The van der Waals surface area contributed by atoms with E-state index in [0.29, 0.717) is 11.8 Å². The lowest BCUT2D eigenvalue weighted by Crippen LogP contribution is -2.36. The Morgan fingerprint density at radius 1 is 1.17 bits per heavy atom. The summed E-state index contributed by atoms with van der Waals surface area (Å²) in [5.74, 6) is 0.432. The quantitative estimate of drug-likeness (QED) is 0.894. The number of benzene rings is 1. The monoisotopic (exact) mass is 269 g/mol. The number of hydrogen-bond acceptors (Lipinski definition) is 2. The highest BCUT2D eigenvalue weighted by Crippen LogP contribution is 2.25. The highest BCUT2D eigenvalue weighted by atomic mass is 35.5. The first-order chi connectivity index (χ1) is 8.31. The van der Waals surface area contributed by atoms with Gasteiger partial charge in [0.1, 0.15) is 5.75 Å². The molecule has 0 aromatic heterocycles.